The summed E-state index contributed by atoms with van der Waals surface area (Å²) in [6.07, 6.45) is 0.744. The standard InChI is InChI=1S/C14H19NO2/c1-11-4-3-5-12(8-11)13(16)9-15-7-6-14(2,17)10-15/h3-5,8,17H,6-7,9-10H2,1-2H3. The van der Waals surface area contributed by atoms with Crippen LogP contribution in [0, 0.1) is 6.92 Å². The lowest BCUT2D eigenvalue weighted by Gasteiger charge is -2.18. The number of aliphatic hydroxyl groups is 1. The highest BCUT2D eigenvalue weighted by molar-refractivity contribution is 5.97. The summed E-state index contributed by atoms with van der Waals surface area (Å²) in [4.78, 5) is 14.1. The summed E-state index contributed by atoms with van der Waals surface area (Å²) in [5.41, 5.74) is 1.23. The Balaban J connectivity index is 1.98. The van der Waals surface area contributed by atoms with Gasteiger partial charge < -0.3 is 5.11 Å². The van der Waals surface area contributed by atoms with E-state index in [1.54, 1.807) is 0 Å². The molecule has 92 valence electrons. The second-order valence-corrected chi connectivity index (χ2v) is 5.25. The van der Waals surface area contributed by atoms with Crippen molar-refractivity contribution in [2.45, 2.75) is 25.9 Å². The Morgan fingerprint density at radius 2 is 2.29 bits per heavy atom. The largest absolute Gasteiger partial charge is 0.389 e. The van der Waals surface area contributed by atoms with Crippen LogP contribution in [0.25, 0.3) is 0 Å². The van der Waals surface area contributed by atoms with Crippen LogP contribution in [-0.2, 0) is 0 Å². The Bertz CT molecular complexity index is 426. The number of Topliss-reactive ketones (excluding diaryl/α,β-unsaturated/α-hetero) is 1. The predicted molar refractivity (Wildman–Crippen MR) is 67.2 cm³/mol. The van der Waals surface area contributed by atoms with Gasteiger partial charge in [-0.1, -0.05) is 23.8 Å². The number of likely N-dealkylation sites (tertiary alicyclic amines) is 1. The van der Waals surface area contributed by atoms with Gasteiger partial charge in [-0.3, -0.25) is 9.69 Å². The van der Waals surface area contributed by atoms with Gasteiger partial charge in [0.1, 0.15) is 0 Å². The van der Waals surface area contributed by atoms with E-state index in [2.05, 4.69) is 0 Å². The van der Waals surface area contributed by atoms with Crippen molar-refractivity contribution in [3.63, 3.8) is 0 Å². The molecule has 1 saturated heterocycles. The molecule has 0 spiro atoms. The number of carbonyl (C=O) groups is 1. The molecule has 0 bridgehead atoms. The molecule has 1 aromatic rings. The molecule has 0 saturated carbocycles. The highest BCUT2D eigenvalue weighted by Crippen LogP contribution is 2.20. The van der Waals surface area contributed by atoms with Gasteiger partial charge in [0.25, 0.3) is 0 Å². The Morgan fingerprint density at radius 1 is 1.53 bits per heavy atom. The van der Waals surface area contributed by atoms with Crippen molar-refractivity contribution < 1.29 is 9.90 Å². The van der Waals surface area contributed by atoms with E-state index in [1.807, 2.05) is 43.0 Å². The predicted octanol–water partition coefficient (Wildman–Crippen LogP) is 1.63. The number of rotatable bonds is 3. The van der Waals surface area contributed by atoms with Crippen molar-refractivity contribution in [3.8, 4) is 0 Å². The summed E-state index contributed by atoms with van der Waals surface area (Å²) < 4.78 is 0. The second kappa shape index (κ2) is 4.59. The van der Waals surface area contributed by atoms with Crippen molar-refractivity contribution >= 4 is 5.78 Å². The first kappa shape index (κ1) is 12.3. The minimum atomic E-state index is -0.632. The minimum Gasteiger partial charge on any atom is -0.389 e. The number of hydrogen-bond donors (Lipinski definition) is 1. The topological polar surface area (TPSA) is 40.5 Å². The molecule has 0 radical (unpaired) electrons. The highest BCUT2D eigenvalue weighted by Gasteiger charge is 2.32. The summed E-state index contributed by atoms with van der Waals surface area (Å²) in [5.74, 6) is 0.131. The summed E-state index contributed by atoms with van der Waals surface area (Å²) >= 11 is 0. The van der Waals surface area contributed by atoms with Crippen molar-refractivity contribution in [1.82, 2.24) is 4.90 Å². The smallest absolute Gasteiger partial charge is 0.176 e. The van der Waals surface area contributed by atoms with E-state index in [-0.39, 0.29) is 5.78 Å². The number of β-amino-alcohol motifs (C(OH)–C–C–N with tert-alkyl or cyclic N) is 1. The minimum absolute atomic E-state index is 0.131. The fourth-order valence-corrected chi connectivity index (χ4v) is 2.29. The number of nitrogens with zero attached hydrogens (tertiary/aromatic N) is 1. The maximum atomic E-state index is 12.0. The summed E-state index contributed by atoms with van der Waals surface area (Å²) in [6.45, 7) is 5.59. The molecule has 0 aromatic heterocycles. The van der Waals surface area contributed by atoms with Gasteiger partial charge in [0, 0.05) is 18.7 Å². The SMILES string of the molecule is Cc1cccc(C(=O)CN2CCC(C)(O)C2)c1. The molecular formula is C14H19NO2. The molecule has 1 heterocycles. The first-order valence-corrected chi connectivity index (χ1v) is 6.01. The monoisotopic (exact) mass is 233 g/mol. The quantitative estimate of drug-likeness (QED) is 0.807. The lowest BCUT2D eigenvalue weighted by atomic mass is 10.1. The van der Waals surface area contributed by atoms with Gasteiger partial charge in [-0.2, -0.15) is 0 Å². The molecule has 1 fully saturated rings. The van der Waals surface area contributed by atoms with Crippen molar-refractivity contribution in [1.29, 1.82) is 0 Å². The molecule has 1 aliphatic rings. The zero-order valence-electron chi connectivity index (χ0n) is 10.4. The zero-order chi connectivity index (χ0) is 12.5. The van der Waals surface area contributed by atoms with E-state index >= 15 is 0 Å². The third kappa shape index (κ3) is 3.14. The van der Waals surface area contributed by atoms with Crippen molar-refractivity contribution in [3.05, 3.63) is 35.4 Å². The van der Waals surface area contributed by atoms with E-state index in [1.165, 1.54) is 0 Å². The van der Waals surface area contributed by atoms with Crippen LogP contribution in [0.3, 0.4) is 0 Å². The molecule has 1 unspecified atom stereocenters. The van der Waals surface area contributed by atoms with Crippen LogP contribution in [0.2, 0.25) is 0 Å². The molecule has 17 heavy (non-hydrogen) atoms. The Labute approximate surface area is 102 Å². The number of hydrogen-bond acceptors (Lipinski definition) is 3. The van der Waals surface area contributed by atoms with Crippen molar-refractivity contribution in [2.75, 3.05) is 19.6 Å². The molecule has 3 heteroatoms. The van der Waals surface area contributed by atoms with Gasteiger partial charge in [0.15, 0.2) is 5.78 Å². The van der Waals surface area contributed by atoms with Gasteiger partial charge in [0.05, 0.1) is 12.1 Å². The molecule has 0 aliphatic carbocycles. The number of ketones is 1. The summed E-state index contributed by atoms with van der Waals surface area (Å²) in [7, 11) is 0. The van der Waals surface area contributed by atoms with Gasteiger partial charge in [-0.15, -0.1) is 0 Å². The number of aryl methyl sites for hydroxylation is 1. The summed E-state index contributed by atoms with van der Waals surface area (Å²) in [5, 5.41) is 9.84. The average Bonchev–Trinajstić information content (AvgIpc) is 2.58. The van der Waals surface area contributed by atoms with Crippen LogP contribution in [0.1, 0.15) is 29.3 Å². The average molecular weight is 233 g/mol. The third-order valence-electron chi connectivity index (χ3n) is 3.24. The lowest BCUT2D eigenvalue weighted by molar-refractivity contribution is 0.0669. The fourth-order valence-electron chi connectivity index (χ4n) is 2.29. The molecule has 3 nitrogen and oxygen atoms in total. The highest BCUT2D eigenvalue weighted by atomic mass is 16.3. The van der Waals surface area contributed by atoms with E-state index in [0.29, 0.717) is 13.1 Å². The number of carbonyl (C=O) groups excluding carboxylic acids is 1. The van der Waals surface area contributed by atoms with Gasteiger partial charge >= 0.3 is 0 Å². The van der Waals surface area contributed by atoms with Gasteiger partial charge in [-0.05, 0) is 26.3 Å². The van der Waals surface area contributed by atoms with Crippen LogP contribution in [-0.4, -0.2) is 41.0 Å². The second-order valence-electron chi connectivity index (χ2n) is 5.25. The van der Waals surface area contributed by atoms with E-state index in [4.69, 9.17) is 0 Å². The van der Waals surface area contributed by atoms with Crippen LogP contribution in [0.4, 0.5) is 0 Å². The first-order valence-electron chi connectivity index (χ1n) is 6.01. The molecule has 0 amide bonds. The van der Waals surface area contributed by atoms with E-state index < -0.39 is 5.60 Å². The van der Waals surface area contributed by atoms with Gasteiger partial charge in [0.2, 0.25) is 0 Å². The zero-order valence-corrected chi connectivity index (χ0v) is 10.4. The first-order chi connectivity index (χ1) is 7.96. The Kier molecular flexibility index (Phi) is 3.31. The van der Waals surface area contributed by atoms with Crippen LogP contribution in [0.5, 0.6) is 0 Å². The van der Waals surface area contributed by atoms with Gasteiger partial charge in [-0.25, -0.2) is 0 Å². The Morgan fingerprint density at radius 3 is 2.88 bits per heavy atom. The van der Waals surface area contributed by atoms with Crippen LogP contribution in [0.15, 0.2) is 24.3 Å². The Hall–Kier alpha value is -1.19. The van der Waals surface area contributed by atoms with E-state index in [9.17, 15) is 9.90 Å². The molecule has 1 aromatic carbocycles. The lowest BCUT2D eigenvalue weighted by Crippen LogP contribution is -2.33. The third-order valence-corrected chi connectivity index (χ3v) is 3.24. The van der Waals surface area contributed by atoms with Crippen molar-refractivity contribution in [2.24, 2.45) is 0 Å². The normalized spacial score (nSPS) is 25.1. The maximum absolute atomic E-state index is 12.0. The molecule has 2 rings (SSSR count). The fraction of sp³-hybridized carbons (Fsp3) is 0.500. The molecule has 1 aliphatic heterocycles. The van der Waals surface area contributed by atoms with Crippen LogP contribution < -0.4 is 0 Å². The number of benzene rings is 1. The van der Waals surface area contributed by atoms with E-state index in [0.717, 1.165) is 24.1 Å². The van der Waals surface area contributed by atoms with Crippen LogP contribution >= 0.6 is 0 Å². The maximum Gasteiger partial charge on any atom is 0.176 e. The molecule has 1 atom stereocenters. The molecular weight excluding hydrogens is 214 g/mol. The molecule has 1 N–H and O–H groups in total. The summed E-state index contributed by atoms with van der Waals surface area (Å²) in [6, 6.07) is 7.65.